The van der Waals surface area contributed by atoms with Gasteiger partial charge in [-0.05, 0) is 12.8 Å². The molecule has 0 amide bonds. The van der Waals surface area contributed by atoms with Gasteiger partial charge in [0.05, 0.1) is 6.61 Å². The van der Waals surface area contributed by atoms with Crippen LogP contribution in [0, 0.1) is 0 Å². The zero-order valence-corrected chi connectivity index (χ0v) is 4.88. The van der Waals surface area contributed by atoms with Gasteiger partial charge in [-0.3, -0.25) is 5.84 Å². The van der Waals surface area contributed by atoms with Crippen LogP contribution in [0.25, 0.3) is 0 Å². The molecule has 0 aromatic heterocycles. The van der Waals surface area contributed by atoms with E-state index in [1.54, 1.807) is 5.01 Å². The molecule has 1 atom stereocenters. The second-order valence-corrected chi connectivity index (χ2v) is 2.22. The lowest BCUT2D eigenvalue weighted by Gasteiger charge is -2.14. The summed E-state index contributed by atoms with van der Waals surface area (Å²) in [6.45, 7) is 1.14. The van der Waals surface area contributed by atoms with Crippen LogP contribution >= 0.6 is 0 Å². The van der Waals surface area contributed by atoms with Gasteiger partial charge >= 0.3 is 0 Å². The highest BCUT2D eigenvalue weighted by atomic mass is 16.3. The van der Waals surface area contributed by atoms with Gasteiger partial charge in [-0.25, -0.2) is 5.01 Å². The highest BCUT2D eigenvalue weighted by Gasteiger charge is 2.19. The Morgan fingerprint density at radius 3 is 2.75 bits per heavy atom. The fourth-order valence-corrected chi connectivity index (χ4v) is 1.05. The van der Waals surface area contributed by atoms with Crippen molar-refractivity contribution in [3.63, 3.8) is 0 Å². The van der Waals surface area contributed by atoms with Crippen LogP contribution < -0.4 is 5.84 Å². The number of nitrogens with zero attached hydrogens (tertiary/aromatic N) is 1. The molecule has 1 aliphatic heterocycles. The summed E-state index contributed by atoms with van der Waals surface area (Å²) >= 11 is 0. The van der Waals surface area contributed by atoms with Crippen LogP contribution in [0.5, 0.6) is 0 Å². The fourth-order valence-electron chi connectivity index (χ4n) is 1.05. The monoisotopic (exact) mass is 116 g/mol. The molecule has 1 fully saturated rings. The molecule has 3 heteroatoms. The van der Waals surface area contributed by atoms with Crippen molar-refractivity contribution in [2.75, 3.05) is 13.2 Å². The van der Waals surface area contributed by atoms with Gasteiger partial charge in [0.15, 0.2) is 0 Å². The summed E-state index contributed by atoms with van der Waals surface area (Å²) in [5.74, 6) is 5.46. The molecule has 0 aromatic carbocycles. The van der Waals surface area contributed by atoms with Gasteiger partial charge in [-0.2, -0.15) is 0 Å². The van der Waals surface area contributed by atoms with Gasteiger partial charge in [0, 0.05) is 12.6 Å². The van der Waals surface area contributed by atoms with Crippen LogP contribution in [0.15, 0.2) is 0 Å². The molecule has 0 aromatic rings. The highest BCUT2D eigenvalue weighted by molar-refractivity contribution is 4.72. The molecular formula is C5H12N2O. The fraction of sp³-hybridized carbons (Fsp3) is 1.00. The Morgan fingerprint density at radius 2 is 2.50 bits per heavy atom. The van der Waals surface area contributed by atoms with Gasteiger partial charge in [-0.1, -0.05) is 0 Å². The molecular weight excluding hydrogens is 104 g/mol. The third-order valence-electron chi connectivity index (χ3n) is 1.63. The smallest absolute Gasteiger partial charge is 0.0600 e. The van der Waals surface area contributed by atoms with Crippen molar-refractivity contribution in [3.05, 3.63) is 0 Å². The second kappa shape index (κ2) is 2.44. The molecule has 0 saturated carbocycles. The van der Waals surface area contributed by atoms with Crippen molar-refractivity contribution in [3.8, 4) is 0 Å². The zero-order valence-electron chi connectivity index (χ0n) is 4.88. The standard InChI is InChI=1S/C5H12N2O/c6-7-3-1-2-5(7)4-8/h5,8H,1-4,6H2/t5-/m0/s1. The van der Waals surface area contributed by atoms with E-state index in [1.807, 2.05) is 0 Å². The van der Waals surface area contributed by atoms with Crippen LogP contribution in [0.3, 0.4) is 0 Å². The van der Waals surface area contributed by atoms with Gasteiger partial charge in [0.1, 0.15) is 0 Å². The summed E-state index contributed by atoms with van der Waals surface area (Å²) in [6.07, 6.45) is 2.18. The van der Waals surface area contributed by atoms with Crippen molar-refractivity contribution >= 4 is 0 Å². The van der Waals surface area contributed by atoms with E-state index in [4.69, 9.17) is 10.9 Å². The first-order valence-corrected chi connectivity index (χ1v) is 2.97. The van der Waals surface area contributed by atoms with Crippen LogP contribution in [0.2, 0.25) is 0 Å². The molecule has 0 spiro atoms. The number of aliphatic hydroxyl groups is 1. The van der Waals surface area contributed by atoms with Gasteiger partial charge in [-0.15, -0.1) is 0 Å². The van der Waals surface area contributed by atoms with Crippen molar-refractivity contribution in [2.24, 2.45) is 5.84 Å². The Labute approximate surface area is 49.1 Å². The van der Waals surface area contributed by atoms with Gasteiger partial charge < -0.3 is 5.11 Å². The molecule has 3 N–H and O–H groups in total. The number of hydrogen-bond acceptors (Lipinski definition) is 3. The average Bonchev–Trinajstić information content (AvgIpc) is 2.14. The summed E-state index contributed by atoms with van der Waals surface area (Å²) in [6, 6.07) is 0.231. The predicted octanol–water partition coefficient (Wildman–Crippen LogP) is -0.683. The van der Waals surface area contributed by atoms with E-state index < -0.39 is 0 Å². The first-order chi connectivity index (χ1) is 3.84. The molecule has 0 radical (unpaired) electrons. The van der Waals surface area contributed by atoms with Crippen LogP contribution in [0.4, 0.5) is 0 Å². The zero-order chi connectivity index (χ0) is 5.98. The third-order valence-corrected chi connectivity index (χ3v) is 1.63. The summed E-state index contributed by atoms with van der Waals surface area (Å²) < 4.78 is 0. The number of rotatable bonds is 1. The van der Waals surface area contributed by atoms with E-state index in [2.05, 4.69) is 0 Å². The molecule has 0 aliphatic carbocycles. The summed E-state index contributed by atoms with van der Waals surface area (Å²) in [5.41, 5.74) is 0. The minimum Gasteiger partial charge on any atom is -0.395 e. The highest BCUT2D eigenvalue weighted by Crippen LogP contribution is 2.10. The van der Waals surface area contributed by atoms with Gasteiger partial charge in [0.2, 0.25) is 0 Å². The Balaban J connectivity index is 2.30. The lowest BCUT2D eigenvalue weighted by Crippen LogP contribution is -2.37. The number of aliphatic hydroxyl groups excluding tert-OH is 1. The van der Waals surface area contributed by atoms with E-state index in [1.165, 1.54) is 0 Å². The molecule has 1 aliphatic rings. The molecule has 1 heterocycles. The van der Waals surface area contributed by atoms with E-state index in [9.17, 15) is 0 Å². The number of hydrazine groups is 1. The summed E-state index contributed by atoms with van der Waals surface area (Å²) in [7, 11) is 0. The molecule has 1 rings (SSSR count). The summed E-state index contributed by atoms with van der Waals surface area (Å²) in [5, 5.41) is 10.3. The second-order valence-electron chi connectivity index (χ2n) is 2.22. The first kappa shape index (κ1) is 6.01. The minimum absolute atomic E-state index is 0.205. The summed E-state index contributed by atoms with van der Waals surface area (Å²) in [4.78, 5) is 0. The lowest BCUT2D eigenvalue weighted by molar-refractivity contribution is 0.161. The largest absolute Gasteiger partial charge is 0.395 e. The van der Waals surface area contributed by atoms with Crippen LogP contribution in [0.1, 0.15) is 12.8 Å². The van der Waals surface area contributed by atoms with Crippen molar-refractivity contribution < 1.29 is 5.11 Å². The number of hydrogen-bond donors (Lipinski definition) is 2. The van der Waals surface area contributed by atoms with E-state index in [0.29, 0.717) is 0 Å². The topological polar surface area (TPSA) is 49.5 Å². The van der Waals surface area contributed by atoms with E-state index in [0.717, 1.165) is 19.4 Å². The molecule has 3 nitrogen and oxygen atoms in total. The molecule has 0 unspecified atom stereocenters. The quantitative estimate of drug-likeness (QED) is 0.446. The molecule has 8 heavy (non-hydrogen) atoms. The van der Waals surface area contributed by atoms with Crippen LogP contribution in [-0.2, 0) is 0 Å². The normalized spacial score (nSPS) is 31.5. The Hall–Kier alpha value is -0.120. The Kier molecular flexibility index (Phi) is 1.83. The molecule has 48 valence electrons. The average molecular weight is 116 g/mol. The van der Waals surface area contributed by atoms with Crippen molar-refractivity contribution in [2.45, 2.75) is 18.9 Å². The maximum atomic E-state index is 8.61. The van der Waals surface area contributed by atoms with Crippen LogP contribution in [-0.4, -0.2) is 29.3 Å². The lowest BCUT2D eigenvalue weighted by atomic mass is 10.2. The Bertz CT molecular complexity index is 76.8. The maximum absolute atomic E-state index is 8.61. The molecule has 0 bridgehead atoms. The SMILES string of the molecule is NN1CCC[C@H]1CO. The first-order valence-electron chi connectivity index (χ1n) is 2.97. The van der Waals surface area contributed by atoms with Gasteiger partial charge in [0.25, 0.3) is 0 Å². The third kappa shape index (κ3) is 0.992. The maximum Gasteiger partial charge on any atom is 0.0600 e. The van der Waals surface area contributed by atoms with E-state index >= 15 is 0 Å². The van der Waals surface area contributed by atoms with Crippen molar-refractivity contribution in [1.29, 1.82) is 0 Å². The molecule has 1 saturated heterocycles. The van der Waals surface area contributed by atoms with Crippen molar-refractivity contribution in [1.82, 2.24) is 5.01 Å². The number of nitrogens with two attached hydrogens (primary N) is 1. The van der Waals surface area contributed by atoms with E-state index in [-0.39, 0.29) is 12.6 Å². The predicted molar refractivity (Wildman–Crippen MR) is 31.0 cm³/mol. The minimum atomic E-state index is 0.205. The Morgan fingerprint density at radius 1 is 1.75 bits per heavy atom.